The van der Waals surface area contributed by atoms with Gasteiger partial charge < -0.3 is 9.47 Å². The third-order valence-electron chi connectivity index (χ3n) is 4.29. The Balaban J connectivity index is 1.83. The lowest BCUT2D eigenvalue weighted by Gasteiger charge is -2.29. The van der Waals surface area contributed by atoms with Gasteiger partial charge in [0.05, 0.1) is 10.8 Å². The molecular weight excluding hydrogens is 332 g/mol. The first-order valence-electron chi connectivity index (χ1n) is 8.64. The summed E-state index contributed by atoms with van der Waals surface area (Å²) < 4.78 is 24.9. The zero-order valence-electron chi connectivity index (χ0n) is 14.5. The van der Waals surface area contributed by atoms with E-state index in [0.29, 0.717) is 11.5 Å². The van der Waals surface area contributed by atoms with Gasteiger partial charge in [0.1, 0.15) is 6.10 Å². The second-order valence-corrected chi connectivity index (χ2v) is 7.80. The normalized spacial score (nSPS) is 20.0. The second-order valence-electron chi connectivity index (χ2n) is 6.27. The van der Waals surface area contributed by atoms with E-state index in [0.717, 1.165) is 35.3 Å². The van der Waals surface area contributed by atoms with Crippen molar-refractivity contribution in [2.45, 2.75) is 43.5 Å². The van der Waals surface area contributed by atoms with E-state index in [4.69, 9.17) is 9.47 Å². The highest BCUT2D eigenvalue weighted by atomic mass is 32.2. The van der Waals surface area contributed by atoms with Gasteiger partial charge in [-0.15, -0.1) is 0 Å². The number of hydrogen-bond acceptors (Lipinski definition) is 3. The highest BCUT2D eigenvalue weighted by molar-refractivity contribution is 7.89. The molecule has 0 amide bonds. The highest BCUT2D eigenvalue weighted by Crippen LogP contribution is 2.33. The number of rotatable bonds is 6. The maximum absolute atomic E-state index is 13.0. The maximum atomic E-state index is 13.0. The van der Waals surface area contributed by atoms with Gasteiger partial charge in [-0.2, -0.15) is 0 Å². The number of aryl methyl sites for hydroxylation is 1. The van der Waals surface area contributed by atoms with Gasteiger partial charge in [0.25, 0.3) is 0 Å². The Bertz CT molecular complexity index is 719. The molecule has 3 nitrogen and oxygen atoms in total. The van der Waals surface area contributed by atoms with Gasteiger partial charge in [0.2, 0.25) is 0 Å². The second kappa shape index (κ2) is 8.56. The van der Waals surface area contributed by atoms with Crippen molar-refractivity contribution in [2.75, 3.05) is 6.61 Å². The molecule has 0 bridgehead atoms. The molecule has 0 aromatic heterocycles. The number of benzene rings is 2. The monoisotopic (exact) mass is 356 g/mol. The first-order valence-corrected chi connectivity index (χ1v) is 9.79. The molecule has 0 aliphatic carbocycles. The van der Waals surface area contributed by atoms with Gasteiger partial charge in [0.15, 0.2) is 6.29 Å². The lowest BCUT2D eigenvalue weighted by molar-refractivity contribution is -0.180. The molecule has 2 aromatic rings. The molecule has 1 fully saturated rings. The Morgan fingerprint density at radius 1 is 1.16 bits per heavy atom. The van der Waals surface area contributed by atoms with E-state index in [1.165, 1.54) is 0 Å². The molecule has 0 saturated carbocycles. The summed E-state index contributed by atoms with van der Waals surface area (Å²) in [5, 5.41) is 0. The van der Waals surface area contributed by atoms with Gasteiger partial charge in [-0.3, -0.25) is 0 Å². The third-order valence-corrected chi connectivity index (χ3v) is 5.68. The highest BCUT2D eigenvalue weighted by Gasteiger charge is 2.26. The van der Waals surface area contributed by atoms with Gasteiger partial charge >= 0.3 is 0 Å². The van der Waals surface area contributed by atoms with Crippen molar-refractivity contribution < 1.29 is 13.7 Å². The summed E-state index contributed by atoms with van der Waals surface area (Å²) in [6, 6.07) is 17.5. The minimum absolute atomic E-state index is 0.272. The van der Waals surface area contributed by atoms with Crippen LogP contribution in [0.2, 0.25) is 0 Å². The van der Waals surface area contributed by atoms with Crippen molar-refractivity contribution in [3.8, 4) is 0 Å². The summed E-state index contributed by atoms with van der Waals surface area (Å²) in [4.78, 5) is 1.29. The molecule has 1 saturated heterocycles. The fourth-order valence-corrected chi connectivity index (χ4v) is 3.92. The van der Waals surface area contributed by atoms with Crippen LogP contribution in [-0.4, -0.2) is 17.1 Å². The Morgan fingerprint density at radius 2 is 1.88 bits per heavy atom. The van der Waals surface area contributed by atoms with Gasteiger partial charge in [0, 0.05) is 16.4 Å². The van der Waals surface area contributed by atoms with Crippen LogP contribution in [0, 0.1) is 6.92 Å². The standard InChI is InChI=1S/C21H24O3S/c1-16-11-13-19(14-12-16)25(22)17(2)21(18-8-4-3-5-9-18)24-20-10-6-7-15-23-20/h3-5,8-9,11-14,20-21H,2,6-7,10,15H2,1H3/t20?,21-,25-/m1/s1. The van der Waals surface area contributed by atoms with E-state index >= 15 is 0 Å². The van der Waals surface area contributed by atoms with Gasteiger partial charge in [-0.05, 0) is 43.9 Å². The van der Waals surface area contributed by atoms with Gasteiger partial charge in [-0.1, -0.05) is 54.6 Å². The van der Waals surface area contributed by atoms with E-state index in [1.54, 1.807) is 0 Å². The smallest absolute Gasteiger partial charge is 0.158 e. The summed E-state index contributed by atoms with van der Waals surface area (Å²) in [5.74, 6) is 0. The molecule has 4 heteroatoms. The zero-order chi connectivity index (χ0) is 17.6. The quantitative estimate of drug-likeness (QED) is 0.738. The average Bonchev–Trinajstić information content (AvgIpc) is 2.67. The predicted octanol–water partition coefficient (Wildman–Crippen LogP) is 4.90. The molecule has 1 aliphatic rings. The van der Waals surface area contributed by atoms with Crippen LogP contribution in [0.1, 0.15) is 36.5 Å². The molecule has 0 radical (unpaired) electrons. The summed E-state index contributed by atoms with van der Waals surface area (Å²) in [5.41, 5.74) is 2.08. The molecule has 1 unspecified atom stereocenters. The predicted molar refractivity (Wildman–Crippen MR) is 101 cm³/mol. The molecule has 1 aliphatic heterocycles. The van der Waals surface area contributed by atoms with E-state index < -0.39 is 16.9 Å². The Hall–Kier alpha value is -1.75. The van der Waals surface area contributed by atoms with Crippen LogP contribution in [-0.2, 0) is 20.3 Å². The fourth-order valence-electron chi connectivity index (χ4n) is 2.85. The lowest BCUT2D eigenvalue weighted by atomic mass is 10.1. The van der Waals surface area contributed by atoms with E-state index in [2.05, 4.69) is 6.58 Å². The Labute approximate surface area is 152 Å². The fraction of sp³-hybridized carbons (Fsp3) is 0.333. The van der Waals surface area contributed by atoms with Crippen molar-refractivity contribution in [3.05, 3.63) is 77.2 Å². The van der Waals surface area contributed by atoms with Crippen LogP contribution in [0.5, 0.6) is 0 Å². The summed E-state index contributed by atoms with van der Waals surface area (Å²) in [7, 11) is -1.35. The lowest BCUT2D eigenvalue weighted by Crippen LogP contribution is -2.25. The zero-order valence-corrected chi connectivity index (χ0v) is 15.3. The minimum Gasteiger partial charge on any atom is -0.353 e. The first kappa shape index (κ1) is 18.1. The summed E-state index contributed by atoms with van der Waals surface area (Å²) in [6.45, 7) is 6.83. The van der Waals surface area contributed by atoms with Crippen LogP contribution in [0.3, 0.4) is 0 Å². The van der Waals surface area contributed by atoms with Crippen LogP contribution in [0.4, 0.5) is 0 Å². The topological polar surface area (TPSA) is 35.5 Å². The maximum Gasteiger partial charge on any atom is 0.158 e. The van der Waals surface area contributed by atoms with Crippen molar-refractivity contribution in [2.24, 2.45) is 0 Å². The molecule has 3 rings (SSSR count). The third kappa shape index (κ3) is 4.66. The van der Waals surface area contributed by atoms with Gasteiger partial charge in [-0.25, -0.2) is 4.21 Å². The van der Waals surface area contributed by atoms with Crippen molar-refractivity contribution in [1.29, 1.82) is 0 Å². The van der Waals surface area contributed by atoms with Crippen LogP contribution >= 0.6 is 0 Å². The van der Waals surface area contributed by atoms with E-state index in [9.17, 15) is 4.21 Å². The van der Waals surface area contributed by atoms with E-state index in [-0.39, 0.29) is 6.29 Å². The molecule has 25 heavy (non-hydrogen) atoms. The summed E-state index contributed by atoms with van der Waals surface area (Å²) in [6.07, 6.45) is 2.27. The molecular formula is C21H24O3S. The first-order chi connectivity index (χ1) is 12.1. The van der Waals surface area contributed by atoms with Crippen molar-refractivity contribution in [3.63, 3.8) is 0 Å². The van der Waals surface area contributed by atoms with E-state index in [1.807, 2.05) is 61.5 Å². The average molecular weight is 356 g/mol. The molecule has 1 heterocycles. The molecule has 2 aromatic carbocycles. The largest absolute Gasteiger partial charge is 0.353 e. The van der Waals surface area contributed by atoms with Crippen molar-refractivity contribution >= 4 is 10.8 Å². The van der Waals surface area contributed by atoms with Crippen LogP contribution in [0.25, 0.3) is 0 Å². The Kier molecular flexibility index (Phi) is 6.19. The molecule has 3 atom stereocenters. The molecule has 0 spiro atoms. The number of ether oxygens (including phenoxy) is 2. The van der Waals surface area contributed by atoms with Crippen LogP contribution < -0.4 is 0 Å². The molecule has 0 N–H and O–H groups in total. The summed E-state index contributed by atoms with van der Waals surface area (Å²) >= 11 is 0. The molecule has 132 valence electrons. The SMILES string of the molecule is C=C([C@@H](OC1CCCCO1)c1ccccc1)[S@@](=O)c1ccc(C)cc1. The van der Waals surface area contributed by atoms with Crippen LogP contribution in [0.15, 0.2) is 71.0 Å². The Morgan fingerprint density at radius 3 is 2.52 bits per heavy atom. The minimum atomic E-state index is -1.35. The van der Waals surface area contributed by atoms with Crippen molar-refractivity contribution in [1.82, 2.24) is 0 Å². The number of hydrogen-bond donors (Lipinski definition) is 0.